The van der Waals surface area contributed by atoms with Crippen LogP contribution in [0.1, 0.15) is 30.5 Å². The highest BCUT2D eigenvalue weighted by molar-refractivity contribution is 6.30. The number of rotatable bonds is 9. The van der Waals surface area contributed by atoms with Gasteiger partial charge >= 0.3 is 0 Å². The summed E-state index contributed by atoms with van der Waals surface area (Å²) in [6.07, 6.45) is 0.317. The molecule has 2 aromatic carbocycles. The van der Waals surface area contributed by atoms with Crippen LogP contribution in [0, 0.1) is 0 Å². The zero-order chi connectivity index (χ0) is 22.1. The van der Waals surface area contributed by atoms with Gasteiger partial charge in [0.1, 0.15) is 6.04 Å². The first-order valence-corrected chi connectivity index (χ1v) is 11.1. The number of morpholine rings is 1. The molecule has 1 aliphatic heterocycles. The lowest BCUT2D eigenvalue weighted by molar-refractivity contribution is -0.141. The van der Waals surface area contributed by atoms with Crippen LogP contribution in [-0.4, -0.2) is 61.0 Å². The van der Waals surface area contributed by atoms with Crippen molar-refractivity contribution >= 4 is 23.4 Å². The molecule has 0 bridgehead atoms. The van der Waals surface area contributed by atoms with Crippen molar-refractivity contribution in [3.8, 4) is 0 Å². The van der Waals surface area contributed by atoms with Gasteiger partial charge in [0.2, 0.25) is 11.8 Å². The van der Waals surface area contributed by atoms with E-state index >= 15 is 0 Å². The molecule has 0 aromatic heterocycles. The third-order valence-corrected chi connectivity index (χ3v) is 5.65. The minimum Gasteiger partial charge on any atom is -0.379 e. The number of nitrogens with zero attached hydrogens (tertiary/aromatic N) is 2. The monoisotopic (exact) mass is 443 g/mol. The van der Waals surface area contributed by atoms with E-state index in [-0.39, 0.29) is 11.8 Å². The van der Waals surface area contributed by atoms with Crippen molar-refractivity contribution in [2.45, 2.75) is 25.9 Å². The summed E-state index contributed by atoms with van der Waals surface area (Å²) in [5, 5.41) is 3.68. The molecule has 1 unspecified atom stereocenters. The Balaban J connectivity index is 1.78. The van der Waals surface area contributed by atoms with Crippen molar-refractivity contribution < 1.29 is 14.3 Å². The van der Waals surface area contributed by atoms with Crippen LogP contribution in [0.3, 0.4) is 0 Å². The third kappa shape index (κ3) is 6.79. The lowest BCUT2D eigenvalue weighted by atomic mass is 10.0. The van der Waals surface area contributed by atoms with Crippen LogP contribution in [-0.2, 0) is 20.9 Å². The molecule has 1 heterocycles. The van der Waals surface area contributed by atoms with Crippen molar-refractivity contribution in [3.05, 3.63) is 70.7 Å². The Morgan fingerprint density at radius 2 is 1.77 bits per heavy atom. The van der Waals surface area contributed by atoms with Crippen molar-refractivity contribution in [2.75, 3.05) is 39.4 Å². The molecule has 6 nitrogen and oxygen atoms in total. The molecule has 1 atom stereocenters. The third-order valence-electron chi connectivity index (χ3n) is 5.40. The highest BCUT2D eigenvalue weighted by Gasteiger charge is 2.30. The summed E-state index contributed by atoms with van der Waals surface area (Å²) < 4.78 is 5.38. The Labute approximate surface area is 189 Å². The van der Waals surface area contributed by atoms with Gasteiger partial charge in [0.15, 0.2) is 0 Å². The first kappa shape index (κ1) is 23.3. The predicted molar refractivity (Wildman–Crippen MR) is 122 cm³/mol. The van der Waals surface area contributed by atoms with Crippen molar-refractivity contribution in [3.63, 3.8) is 0 Å². The fourth-order valence-electron chi connectivity index (χ4n) is 3.68. The van der Waals surface area contributed by atoms with Gasteiger partial charge < -0.3 is 15.0 Å². The fourth-order valence-corrected chi connectivity index (χ4v) is 3.81. The summed E-state index contributed by atoms with van der Waals surface area (Å²) in [6, 6.07) is 16.1. The first-order chi connectivity index (χ1) is 15.1. The normalized spacial score (nSPS) is 15.3. The number of halogens is 1. The Morgan fingerprint density at radius 3 is 2.42 bits per heavy atom. The zero-order valence-electron chi connectivity index (χ0n) is 17.9. The van der Waals surface area contributed by atoms with Gasteiger partial charge in [0.25, 0.3) is 0 Å². The van der Waals surface area contributed by atoms with Gasteiger partial charge in [-0.1, -0.05) is 61.0 Å². The van der Waals surface area contributed by atoms with E-state index in [9.17, 15) is 9.59 Å². The number of ether oxygens (including phenoxy) is 1. The Kier molecular flexibility index (Phi) is 8.88. The number of amides is 2. The van der Waals surface area contributed by atoms with E-state index in [4.69, 9.17) is 16.3 Å². The van der Waals surface area contributed by atoms with Crippen LogP contribution < -0.4 is 5.32 Å². The Hall–Kier alpha value is -2.41. The standard InChI is InChI=1S/C24H30ClN3O3/c1-2-22(29)28(18-19-8-10-21(25)11-9-19)23(20-6-4-3-5-7-20)24(30)26-12-13-27-14-16-31-17-15-27/h3-11,23H,2,12-18H2,1H3,(H,26,30). The van der Waals surface area contributed by atoms with Crippen LogP contribution in [0.5, 0.6) is 0 Å². The second-order valence-electron chi connectivity index (χ2n) is 7.56. The molecule has 7 heteroatoms. The number of hydrogen-bond donors (Lipinski definition) is 1. The summed E-state index contributed by atoms with van der Waals surface area (Å²) in [7, 11) is 0. The fraction of sp³-hybridized carbons (Fsp3) is 0.417. The van der Waals surface area contributed by atoms with Gasteiger partial charge in [-0.25, -0.2) is 0 Å². The van der Waals surface area contributed by atoms with Gasteiger partial charge in [0, 0.05) is 44.2 Å². The molecule has 2 aromatic rings. The lowest BCUT2D eigenvalue weighted by Gasteiger charge is -2.32. The van der Waals surface area contributed by atoms with Gasteiger partial charge in [-0.3, -0.25) is 14.5 Å². The molecule has 0 radical (unpaired) electrons. The highest BCUT2D eigenvalue weighted by Crippen LogP contribution is 2.25. The lowest BCUT2D eigenvalue weighted by Crippen LogP contribution is -2.46. The zero-order valence-corrected chi connectivity index (χ0v) is 18.7. The van der Waals surface area contributed by atoms with Gasteiger partial charge in [-0.2, -0.15) is 0 Å². The molecule has 2 amide bonds. The van der Waals surface area contributed by atoms with Crippen LogP contribution in [0.2, 0.25) is 5.02 Å². The minimum atomic E-state index is -0.700. The second kappa shape index (κ2) is 11.8. The predicted octanol–water partition coefficient (Wildman–Crippen LogP) is 3.27. The minimum absolute atomic E-state index is 0.0767. The van der Waals surface area contributed by atoms with E-state index < -0.39 is 6.04 Å². The summed E-state index contributed by atoms with van der Waals surface area (Å²) in [6.45, 7) is 6.62. The number of carbonyl (C=O) groups excluding carboxylic acids is 2. The van der Waals surface area contributed by atoms with Gasteiger partial charge in [-0.05, 0) is 23.3 Å². The number of nitrogens with one attached hydrogen (secondary N) is 1. The van der Waals surface area contributed by atoms with E-state index in [1.807, 2.05) is 49.4 Å². The van der Waals surface area contributed by atoms with Crippen LogP contribution in [0.4, 0.5) is 0 Å². The molecule has 3 rings (SSSR count). The largest absolute Gasteiger partial charge is 0.379 e. The number of hydrogen-bond acceptors (Lipinski definition) is 4. The van der Waals surface area contributed by atoms with E-state index in [1.165, 1.54) is 0 Å². The van der Waals surface area contributed by atoms with Crippen LogP contribution >= 0.6 is 11.6 Å². The molecule has 0 saturated carbocycles. The molecular weight excluding hydrogens is 414 g/mol. The average molecular weight is 444 g/mol. The quantitative estimate of drug-likeness (QED) is 0.646. The van der Waals surface area contributed by atoms with Crippen molar-refractivity contribution in [1.82, 2.24) is 15.1 Å². The Morgan fingerprint density at radius 1 is 1.10 bits per heavy atom. The molecule has 31 heavy (non-hydrogen) atoms. The molecule has 1 fully saturated rings. The maximum Gasteiger partial charge on any atom is 0.247 e. The molecule has 0 spiro atoms. The van der Waals surface area contributed by atoms with Crippen LogP contribution in [0.15, 0.2) is 54.6 Å². The molecule has 166 valence electrons. The topological polar surface area (TPSA) is 61.9 Å². The molecule has 1 N–H and O–H groups in total. The summed E-state index contributed by atoms with van der Waals surface area (Å²) in [5.74, 6) is -0.248. The maximum absolute atomic E-state index is 13.3. The van der Waals surface area contributed by atoms with E-state index in [1.54, 1.807) is 17.0 Å². The van der Waals surface area contributed by atoms with Crippen molar-refractivity contribution in [2.24, 2.45) is 0 Å². The van der Waals surface area contributed by atoms with Crippen LogP contribution in [0.25, 0.3) is 0 Å². The van der Waals surface area contributed by atoms with E-state index in [2.05, 4.69) is 10.2 Å². The number of benzene rings is 2. The molecule has 1 saturated heterocycles. The SMILES string of the molecule is CCC(=O)N(Cc1ccc(Cl)cc1)C(C(=O)NCCN1CCOCC1)c1ccccc1. The second-order valence-corrected chi connectivity index (χ2v) is 8.00. The van der Waals surface area contributed by atoms with Crippen molar-refractivity contribution in [1.29, 1.82) is 0 Å². The molecule has 0 aliphatic carbocycles. The maximum atomic E-state index is 13.3. The van der Waals surface area contributed by atoms with E-state index in [0.717, 1.165) is 44.0 Å². The smallest absolute Gasteiger partial charge is 0.247 e. The summed E-state index contributed by atoms with van der Waals surface area (Å²) >= 11 is 6.01. The summed E-state index contributed by atoms with van der Waals surface area (Å²) in [5.41, 5.74) is 1.72. The average Bonchev–Trinajstić information content (AvgIpc) is 2.81. The summed E-state index contributed by atoms with van der Waals surface area (Å²) in [4.78, 5) is 30.2. The first-order valence-electron chi connectivity index (χ1n) is 10.7. The Bertz CT molecular complexity index is 839. The molecule has 1 aliphatic rings. The van der Waals surface area contributed by atoms with Gasteiger partial charge in [0.05, 0.1) is 13.2 Å². The highest BCUT2D eigenvalue weighted by atomic mass is 35.5. The van der Waals surface area contributed by atoms with E-state index in [0.29, 0.717) is 24.5 Å². The molecular formula is C24H30ClN3O3. The van der Waals surface area contributed by atoms with Gasteiger partial charge in [-0.15, -0.1) is 0 Å². The number of carbonyl (C=O) groups is 2.